The molecular weight excluding hydrogens is 236 g/mol. The molecule has 17 heavy (non-hydrogen) atoms. The summed E-state index contributed by atoms with van der Waals surface area (Å²) < 4.78 is 23.0. The van der Waals surface area contributed by atoms with Gasteiger partial charge in [0.15, 0.2) is 9.84 Å². The van der Waals surface area contributed by atoms with Gasteiger partial charge in [-0.05, 0) is 32.2 Å². The van der Waals surface area contributed by atoms with Crippen molar-refractivity contribution in [3.63, 3.8) is 0 Å². The molecule has 5 heteroatoms. The molecule has 0 radical (unpaired) electrons. The van der Waals surface area contributed by atoms with Gasteiger partial charge >= 0.3 is 0 Å². The number of nitrogens with one attached hydrogen (secondary N) is 1. The highest BCUT2D eigenvalue weighted by molar-refractivity contribution is 7.91. The maximum atomic E-state index is 11.5. The molecule has 1 heterocycles. The van der Waals surface area contributed by atoms with E-state index in [0.717, 1.165) is 19.1 Å². The zero-order valence-electron chi connectivity index (χ0n) is 10.7. The van der Waals surface area contributed by atoms with Gasteiger partial charge in [0.25, 0.3) is 0 Å². The minimum atomic E-state index is -2.81. The van der Waals surface area contributed by atoms with Crippen molar-refractivity contribution in [3.05, 3.63) is 0 Å². The molecule has 0 amide bonds. The molecule has 0 aromatic rings. The van der Waals surface area contributed by atoms with E-state index in [-0.39, 0.29) is 5.75 Å². The number of sulfone groups is 1. The number of likely N-dealkylation sites (tertiary alicyclic amines) is 1. The van der Waals surface area contributed by atoms with Gasteiger partial charge in [-0.3, -0.25) is 4.90 Å². The second-order valence-electron chi connectivity index (χ2n) is 5.25. The largest absolute Gasteiger partial charge is 0.312 e. The average molecular weight is 260 g/mol. The average Bonchev–Trinajstić information content (AvgIpc) is 3.03. The van der Waals surface area contributed by atoms with Crippen LogP contribution in [0.15, 0.2) is 0 Å². The highest BCUT2D eigenvalue weighted by atomic mass is 32.2. The summed E-state index contributed by atoms with van der Waals surface area (Å²) in [4.78, 5) is 2.35. The molecule has 2 aliphatic rings. The van der Waals surface area contributed by atoms with Gasteiger partial charge in [-0.2, -0.15) is 0 Å². The van der Waals surface area contributed by atoms with E-state index in [1.807, 2.05) is 0 Å². The summed E-state index contributed by atoms with van der Waals surface area (Å²) in [6.45, 7) is 4.55. The van der Waals surface area contributed by atoms with Crippen LogP contribution >= 0.6 is 0 Å². The summed E-state index contributed by atoms with van der Waals surface area (Å²) in [5, 5.41) is 3.55. The van der Waals surface area contributed by atoms with E-state index in [0.29, 0.717) is 18.3 Å². The maximum Gasteiger partial charge on any atom is 0.151 e. The first-order valence-electron chi connectivity index (χ1n) is 6.78. The van der Waals surface area contributed by atoms with Crippen LogP contribution in [0.25, 0.3) is 0 Å². The smallest absolute Gasteiger partial charge is 0.151 e. The topological polar surface area (TPSA) is 49.4 Å². The van der Waals surface area contributed by atoms with E-state index >= 15 is 0 Å². The zero-order chi connectivity index (χ0) is 12.3. The molecule has 1 aliphatic carbocycles. The summed E-state index contributed by atoms with van der Waals surface area (Å²) in [5.74, 6) is 0.593. The highest BCUT2D eigenvalue weighted by Crippen LogP contribution is 2.21. The van der Waals surface area contributed by atoms with E-state index in [1.54, 1.807) is 6.92 Å². The predicted molar refractivity (Wildman–Crippen MR) is 69.9 cm³/mol. The van der Waals surface area contributed by atoms with Crippen LogP contribution in [0.3, 0.4) is 0 Å². The Balaban J connectivity index is 1.74. The molecule has 1 saturated carbocycles. The summed E-state index contributed by atoms with van der Waals surface area (Å²) in [6.07, 6.45) is 5.06. The monoisotopic (exact) mass is 260 g/mol. The molecule has 100 valence electrons. The lowest BCUT2D eigenvalue weighted by Crippen LogP contribution is -2.40. The van der Waals surface area contributed by atoms with Gasteiger partial charge < -0.3 is 5.32 Å². The van der Waals surface area contributed by atoms with Crippen molar-refractivity contribution < 1.29 is 8.42 Å². The SMILES string of the molecule is CCS(=O)(=O)CCN1CCCC1CNC1CC1. The Bertz CT molecular complexity index is 338. The Labute approximate surface area is 105 Å². The van der Waals surface area contributed by atoms with E-state index in [4.69, 9.17) is 0 Å². The van der Waals surface area contributed by atoms with Crippen molar-refractivity contribution in [1.29, 1.82) is 0 Å². The number of rotatable bonds is 7. The van der Waals surface area contributed by atoms with Gasteiger partial charge in [-0.25, -0.2) is 8.42 Å². The minimum Gasteiger partial charge on any atom is -0.312 e. The Kier molecular flexibility index (Phi) is 4.44. The van der Waals surface area contributed by atoms with Crippen molar-refractivity contribution in [2.45, 2.75) is 44.7 Å². The fourth-order valence-electron chi connectivity index (χ4n) is 2.41. The third-order valence-corrected chi connectivity index (χ3v) is 5.53. The van der Waals surface area contributed by atoms with Gasteiger partial charge in [0.1, 0.15) is 0 Å². The Hall–Kier alpha value is -0.130. The van der Waals surface area contributed by atoms with Crippen molar-refractivity contribution >= 4 is 9.84 Å². The molecule has 1 unspecified atom stereocenters. The first-order valence-corrected chi connectivity index (χ1v) is 8.61. The number of hydrogen-bond donors (Lipinski definition) is 1. The molecule has 1 N–H and O–H groups in total. The quantitative estimate of drug-likeness (QED) is 0.730. The lowest BCUT2D eigenvalue weighted by molar-refractivity contribution is 0.260. The molecule has 0 bridgehead atoms. The minimum absolute atomic E-state index is 0.270. The van der Waals surface area contributed by atoms with Crippen LogP contribution in [0.2, 0.25) is 0 Å². The third kappa shape index (κ3) is 4.23. The van der Waals surface area contributed by atoms with Crippen molar-refractivity contribution in [2.75, 3.05) is 31.1 Å². The lowest BCUT2D eigenvalue weighted by Gasteiger charge is -2.24. The molecule has 2 fully saturated rings. The number of nitrogens with zero attached hydrogens (tertiary/aromatic N) is 1. The van der Waals surface area contributed by atoms with E-state index in [9.17, 15) is 8.42 Å². The summed E-state index contributed by atoms with van der Waals surface area (Å²) >= 11 is 0. The molecule has 1 saturated heterocycles. The van der Waals surface area contributed by atoms with Crippen LogP contribution in [0, 0.1) is 0 Å². The normalized spacial score (nSPS) is 26.5. The van der Waals surface area contributed by atoms with Crippen LogP contribution in [0.5, 0.6) is 0 Å². The first kappa shape index (κ1) is 13.3. The predicted octanol–water partition coefficient (Wildman–Crippen LogP) is 0.638. The number of hydrogen-bond acceptors (Lipinski definition) is 4. The molecule has 0 spiro atoms. The lowest BCUT2D eigenvalue weighted by atomic mass is 10.2. The Morgan fingerprint density at radius 1 is 1.29 bits per heavy atom. The summed E-state index contributed by atoms with van der Waals surface area (Å²) in [7, 11) is -2.81. The first-order chi connectivity index (χ1) is 8.11. The van der Waals surface area contributed by atoms with Crippen molar-refractivity contribution in [3.8, 4) is 0 Å². The fourth-order valence-corrected chi connectivity index (χ4v) is 3.21. The summed E-state index contributed by atoms with van der Waals surface area (Å²) in [6, 6.07) is 1.31. The van der Waals surface area contributed by atoms with Crippen LogP contribution < -0.4 is 5.32 Å². The van der Waals surface area contributed by atoms with E-state index < -0.39 is 9.84 Å². The van der Waals surface area contributed by atoms with Crippen LogP contribution in [-0.4, -0.2) is 56.5 Å². The summed E-state index contributed by atoms with van der Waals surface area (Å²) in [5.41, 5.74) is 0. The standard InChI is InChI=1S/C12H24N2O2S/c1-2-17(15,16)9-8-14-7-3-4-12(14)10-13-11-5-6-11/h11-13H,2-10H2,1H3. The van der Waals surface area contributed by atoms with Gasteiger partial charge in [-0.1, -0.05) is 6.92 Å². The van der Waals surface area contributed by atoms with Crippen LogP contribution in [0.1, 0.15) is 32.6 Å². The molecule has 0 aromatic carbocycles. The second-order valence-corrected chi connectivity index (χ2v) is 7.72. The Morgan fingerprint density at radius 2 is 2.06 bits per heavy atom. The van der Waals surface area contributed by atoms with Gasteiger partial charge in [0, 0.05) is 30.9 Å². The van der Waals surface area contributed by atoms with Crippen molar-refractivity contribution in [1.82, 2.24) is 10.2 Å². The highest BCUT2D eigenvalue weighted by Gasteiger charge is 2.28. The Morgan fingerprint density at radius 3 is 2.71 bits per heavy atom. The fraction of sp³-hybridized carbons (Fsp3) is 1.00. The van der Waals surface area contributed by atoms with Gasteiger partial charge in [-0.15, -0.1) is 0 Å². The van der Waals surface area contributed by atoms with Gasteiger partial charge in [0.05, 0.1) is 5.75 Å². The third-order valence-electron chi connectivity index (χ3n) is 3.85. The van der Waals surface area contributed by atoms with E-state index in [1.165, 1.54) is 25.7 Å². The maximum absolute atomic E-state index is 11.5. The molecule has 1 atom stereocenters. The second kappa shape index (κ2) is 5.67. The van der Waals surface area contributed by atoms with Crippen LogP contribution in [0.4, 0.5) is 0 Å². The van der Waals surface area contributed by atoms with Crippen molar-refractivity contribution in [2.24, 2.45) is 0 Å². The molecule has 4 nitrogen and oxygen atoms in total. The molecule has 1 aliphatic heterocycles. The molecule has 0 aromatic heterocycles. The van der Waals surface area contributed by atoms with Gasteiger partial charge in [0.2, 0.25) is 0 Å². The molecule has 2 rings (SSSR count). The molecular formula is C12H24N2O2S. The van der Waals surface area contributed by atoms with E-state index in [2.05, 4.69) is 10.2 Å². The zero-order valence-corrected chi connectivity index (χ0v) is 11.5. The van der Waals surface area contributed by atoms with Crippen LogP contribution in [-0.2, 0) is 9.84 Å².